The van der Waals surface area contributed by atoms with Crippen LogP contribution >= 0.6 is 24.0 Å². The minimum Gasteiger partial charge on any atom is -0.369 e. The molecule has 1 amide bonds. The number of nitrogens with one attached hydrogen (secondary N) is 2. The maximum Gasteiger partial charge on any atom is 0.221 e. The van der Waals surface area contributed by atoms with E-state index in [0.717, 1.165) is 83.9 Å². The molecule has 3 atom stereocenters. The van der Waals surface area contributed by atoms with E-state index in [1.807, 2.05) is 0 Å². The van der Waals surface area contributed by atoms with Crippen LogP contribution in [0.5, 0.6) is 0 Å². The van der Waals surface area contributed by atoms with E-state index in [2.05, 4.69) is 64.6 Å². The van der Waals surface area contributed by atoms with Gasteiger partial charge in [-0.2, -0.15) is 0 Å². The van der Waals surface area contributed by atoms with Gasteiger partial charge in [-0.3, -0.25) is 14.7 Å². The van der Waals surface area contributed by atoms with Gasteiger partial charge < -0.3 is 21.3 Å². The number of piperidine rings is 2. The van der Waals surface area contributed by atoms with Crippen molar-refractivity contribution in [3.63, 3.8) is 0 Å². The van der Waals surface area contributed by atoms with Crippen molar-refractivity contribution in [2.75, 3.05) is 39.3 Å². The number of carbonyl (C=O) groups excluding carboxylic acids is 1. The zero-order valence-corrected chi connectivity index (χ0v) is 22.7. The highest BCUT2D eigenvalue weighted by molar-refractivity contribution is 14.0. The zero-order chi connectivity index (χ0) is 22.8. The number of hydrogen-bond acceptors (Lipinski definition) is 4. The number of aliphatic imine (C=N–C) groups is 1. The molecule has 4 N–H and O–H groups in total. The van der Waals surface area contributed by atoms with Crippen LogP contribution < -0.4 is 16.4 Å². The lowest BCUT2D eigenvalue weighted by Gasteiger charge is -2.38. The average molecular weight is 571 g/mol. The Morgan fingerprint density at radius 1 is 1.21 bits per heavy atom. The molecule has 0 spiro atoms. The van der Waals surface area contributed by atoms with E-state index in [9.17, 15) is 4.79 Å². The summed E-state index contributed by atoms with van der Waals surface area (Å²) in [5.41, 5.74) is 6.88. The van der Waals surface area contributed by atoms with Crippen LogP contribution in [0.2, 0.25) is 0 Å². The first kappa shape index (κ1) is 27.9. The maximum atomic E-state index is 11.5. The third-order valence-electron chi connectivity index (χ3n) is 6.74. The first-order chi connectivity index (χ1) is 15.5. The summed E-state index contributed by atoms with van der Waals surface area (Å²) in [6.45, 7) is 11.1. The standard InChI is InChI=1S/C25H42N6O.HI/c1-3-27-25(28-13-8-15-30-14-7-11-22(19-30)24(26)32)29-23-12-16-31(20(2)17-23)18-21-9-5-4-6-10-21;/h4-6,9-10,20,22-23H,3,7-8,11-19H2,1-2H3,(H2,26,32)(H2,27,28,29);1H. The summed E-state index contributed by atoms with van der Waals surface area (Å²) in [6, 6.07) is 11.7. The van der Waals surface area contributed by atoms with Crippen molar-refractivity contribution in [3.05, 3.63) is 35.9 Å². The third-order valence-corrected chi connectivity index (χ3v) is 6.74. The minimum atomic E-state index is -0.157. The van der Waals surface area contributed by atoms with Gasteiger partial charge in [-0.05, 0) is 64.6 Å². The first-order valence-corrected chi connectivity index (χ1v) is 12.4. The highest BCUT2D eigenvalue weighted by atomic mass is 127. The van der Waals surface area contributed by atoms with E-state index >= 15 is 0 Å². The Labute approximate surface area is 217 Å². The quantitative estimate of drug-likeness (QED) is 0.184. The Kier molecular flexibility index (Phi) is 12.5. The SMILES string of the molecule is CCNC(=NCCCN1CCCC(C(N)=O)C1)NC1CCN(Cc2ccccc2)C(C)C1.I. The van der Waals surface area contributed by atoms with Crippen LogP contribution in [0.25, 0.3) is 0 Å². The Morgan fingerprint density at radius 2 is 2.00 bits per heavy atom. The van der Waals surface area contributed by atoms with E-state index in [0.29, 0.717) is 12.1 Å². The lowest BCUT2D eigenvalue weighted by Crippen LogP contribution is -2.51. The van der Waals surface area contributed by atoms with E-state index in [4.69, 9.17) is 10.7 Å². The van der Waals surface area contributed by atoms with Crippen LogP contribution in [0.4, 0.5) is 0 Å². The number of amides is 1. The Hall–Kier alpha value is -1.39. The van der Waals surface area contributed by atoms with Crippen molar-refractivity contribution in [3.8, 4) is 0 Å². The number of hydrogen-bond donors (Lipinski definition) is 3. The van der Waals surface area contributed by atoms with Crippen molar-refractivity contribution >= 4 is 35.8 Å². The molecule has 2 fully saturated rings. The molecule has 8 heteroatoms. The van der Waals surface area contributed by atoms with Crippen LogP contribution in [-0.4, -0.2) is 73.0 Å². The summed E-state index contributed by atoms with van der Waals surface area (Å²) in [4.78, 5) is 21.2. The molecule has 2 saturated heterocycles. The minimum absolute atomic E-state index is 0. The normalized spacial score (nSPS) is 24.7. The summed E-state index contributed by atoms with van der Waals surface area (Å²) in [5.74, 6) is 0.784. The zero-order valence-electron chi connectivity index (χ0n) is 20.3. The molecule has 0 radical (unpaired) electrons. The fraction of sp³-hybridized carbons (Fsp3) is 0.680. The molecule has 33 heavy (non-hydrogen) atoms. The van der Waals surface area contributed by atoms with Crippen LogP contribution in [0.1, 0.15) is 51.5 Å². The fourth-order valence-corrected chi connectivity index (χ4v) is 4.89. The molecule has 0 aromatic heterocycles. The molecule has 7 nitrogen and oxygen atoms in total. The van der Waals surface area contributed by atoms with E-state index in [1.54, 1.807) is 0 Å². The van der Waals surface area contributed by atoms with Gasteiger partial charge in [0.05, 0.1) is 5.92 Å². The van der Waals surface area contributed by atoms with Gasteiger partial charge in [0.25, 0.3) is 0 Å². The predicted octanol–water partition coefficient (Wildman–Crippen LogP) is 2.80. The van der Waals surface area contributed by atoms with Crippen LogP contribution in [-0.2, 0) is 11.3 Å². The molecule has 2 aliphatic rings. The largest absolute Gasteiger partial charge is 0.369 e. The lowest BCUT2D eigenvalue weighted by molar-refractivity contribution is -0.123. The number of likely N-dealkylation sites (tertiary alicyclic amines) is 2. The molecule has 3 rings (SSSR count). The molecule has 0 aliphatic carbocycles. The second-order valence-electron chi connectivity index (χ2n) is 9.33. The Bertz CT molecular complexity index is 731. The number of nitrogens with two attached hydrogens (primary N) is 1. The van der Waals surface area contributed by atoms with Gasteiger partial charge in [0, 0.05) is 44.8 Å². The van der Waals surface area contributed by atoms with Crippen molar-refractivity contribution in [2.45, 2.75) is 64.6 Å². The number of primary amides is 1. The highest BCUT2D eigenvalue weighted by Gasteiger charge is 2.26. The topological polar surface area (TPSA) is 86.0 Å². The molecule has 1 aromatic rings. The molecular formula is C25H43IN6O. The van der Waals surface area contributed by atoms with E-state index in [-0.39, 0.29) is 35.8 Å². The van der Waals surface area contributed by atoms with Crippen molar-refractivity contribution in [1.29, 1.82) is 0 Å². The Balaban J connectivity index is 0.00000385. The molecule has 2 aliphatic heterocycles. The second-order valence-corrected chi connectivity index (χ2v) is 9.33. The number of nitrogens with zero attached hydrogens (tertiary/aromatic N) is 3. The number of carbonyl (C=O) groups is 1. The van der Waals surface area contributed by atoms with Gasteiger partial charge in [-0.25, -0.2) is 0 Å². The smallest absolute Gasteiger partial charge is 0.221 e. The summed E-state index contributed by atoms with van der Waals surface area (Å²) in [5, 5.41) is 7.08. The average Bonchev–Trinajstić information content (AvgIpc) is 2.79. The maximum absolute atomic E-state index is 11.5. The summed E-state index contributed by atoms with van der Waals surface area (Å²) in [7, 11) is 0. The van der Waals surface area contributed by atoms with Crippen LogP contribution in [0, 0.1) is 5.92 Å². The van der Waals surface area contributed by atoms with Gasteiger partial charge in [0.15, 0.2) is 5.96 Å². The van der Waals surface area contributed by atoms with E-state index in [1.165, 1.54) is 5.56 Å². The first-order valence-electron chi connectivity index (χ1n) is 12.4. The molecule has 0 bridgehead atoms. The van der Waals surface area contributed by atoms with Crippen LogP contribution in [0.15, 0.2) is 35.3 Å². The molecular weight excluding hydrogens is 527 g/mol. The molecule has 1 aromatic carbocycles. The predicted molar refractivity (Wildman–Crippen MR) is 147 cm³/mol. The van der Waals surface area contributed by atoms with Gasteiger partial charge in [-0.15, -0.1) is 24.0 Å². The van der Waals surface area contributed by atoms with Crippen molar-refractivity contribution in [1.82, 2.24) is 20.4 Å². The lowest BCUT2D eigenvalue weighted by atomic mass is 9.97. The summed E-state index contributed by atoms with van der Waals surface area (Å²) < 4.78 is 0. The molecule has 2 heterocycles. The van der Waals surface area contributed by atoms with Gasteiger partial charge in [-0.1, -0.05) is 30.3 Å². The van der Waals surface area contributed by atoms with Crippen molar-refractivity contribution < 1.29 is 4.79 Å². The van der Waals surface area contributed by atoms with Crippen LogP contribution in [0.3, 0.4) is 0 Å². The fourth-order valence-electron chi connectivity index (χ4n) is 4.89. The van der Waals surface area contributed by atoms with Gasteiger partial charge in [0.1, 0.15) is 0 Å². The second kappa shape index (κ2) is 14.8. The number of guanidine groups is 1. The monoisotopic (exact) mass is 570 g/mol. The summed E-state index contributed by atoms with van der Waals surface area (Å²) >= 11 is 0. The number of halogens is 1. The molecule has 3 unspecified atom stereocenters. The highest BCUT2D eigenvalue weighted by Crippen LogP contribution is 2.20. The third kappa shape index (κ3) is 9.41. The van der Waals surface area contributed by atoms with Crippen molar-refractivity contribution in [2.24, 2.45) is 16.6 Å². The van der Waals surface area contributed by atoms with Gasteiger partial charge >= 0.3 is 0 Å². The number of benzene rings is 1. The van der Waals surface area contributed by atoms with E-state index < -0.39 is 0 Å². The summed E-state index contributed by atoms with van der Waals surface area (Å²) in [6.07, 6.45) is 5.24. The number of rotatable bonds is 9. The Morgan fingerprint density at radius 3 is 2.70 bits per heavy atom. The van der Waals surface area contributed by atoms with Gasteiger partial charge in [0.2, 0.25) is 5.91 Å². The molecule has 186 valence electrons. The molecule has 0 saturated carbocycles.